The van der Waals surface area contributed by atoms with Gasteiger partial charge in [-0.3, -0.25) is 0 Å². The molecule has 0 bridgehead atoms. The van der Waals surface area contributed by atoms with Crippen LogP contribution >= 0.6 is 0 Å². The number of nitrogens with zero attached hydrogens (tertiary/aromatic N) is 1. The van der Waals surface area contributed by atoms with Gasteiger partial charge in [-0.2, -0.15) is 0 Å². The van der Waals surface area contributed by atoms with E-state index in [-0.39, 0.29) is 11.7 Å². The average molecular weight is 276 g/mol. The normalized spacial score (nSPS) is 11.0. The van der Waals surface area contributed by atoms with Crippen molar-refractivity contribution in [2.24, 2.45) is 0 Å². The fraction of sp³-hybridized carbons (Fsp3) is 0.158. The monoisotopic (exact) mass is 276 g/mol. The highest BCUT2D eigenvalue weighted by molar-refractivity contribution is 5.89. The molecule has 0 N–H and O–H groups in total. The van der Waals surface area contributed by atoms with Crippen molar-refractivity contribution < 1.29 is 4.39 Å². The van der Waals surface area contributed by atoms with Gasteiger partial charge in [0.2, 0.25) is 0 Å². The fourth-order valence-electron chi connectivity index (χ4n) is 2.83. The van der Waals surface area contributed by atoms with E-state index < -0.39 is 0 Å². The van der Waals surface area contributed by atoms with Crippen LogP contribution in [0.4, 0.5) is 4.39 Å². The number of aromatic nitrogens is 1. The lowest BCUT2D eigenvalue weighted by molar-refractivity contribution is 0.627. The SMILES string of the molecule is [C]#Cc1c(C(C)C)c2ccccc2n1-c1ccc(F)cc1. The molecule has 2 heteroatoms. The Morgan fingerprint density at radius 2 is 1.71 bits per heavy atom. The minimum absolute atomic E-state index is 0.264. The number of rotatable bonds is 2. The Morgan fingerprint density at radius 1 is 1.05 bits per heavy atom. The van der Waals surface area contributed by atoms with Crippen LogP contribution in [0.5, 0.6) is 0 Å². The molecule has 103 valence electrons. The van der Waals surface area contributed by atoms with Gasteiger partial charge < -0.3 is 4.57 Å². The number of benzene rings is 2. The van der Waals surface area contributed by atoms with Gasteiger partial charge >= 0.3 is 0 Å². The maximum atomic E-state index is 13.2. The Morgan fingerprint density at radius 3 is 2.33 bits per heavy atom. The molecule has 0 saturated heterocycles. The maximum absolute atomic E-state index is 13.2. The van der Waals surface area contributed by atoms with Crippen LogP contribution in [0, 0.1) is 18.2 Å². The Kier molecular flexibility index (Phi) is 3.27. The van der Waals surface area contributed by atoms with Gasteiger partial charge in [0.25, 0.3) is 0 Å². The maximum Gasteiger partial charge on any atom is 0.123 e. The number of fused-ring (bicyclic) bond motifs is 1. The summed E-state index contributed by atoms with van der Waals surface area (Å²) < 4.78 is 15.1. The van der Waals surface area contributed by atoms with E-state index in [0.717, 1.165) is 27.8 Å². The lowest BCUT2D eigenvalue weighted by Crippen LogP contribution is -1.99. The van der Waals surface area contributed by atoms with Crippen LogP contribution in [0.3, 0.4) is 0 Å². The van der Waals surface area contributed by atoms with Crippen molar-refractivity contribution in [3.63, 3.8) is 0 Å². The minimum Gasteiger partial charge on any atom is -0.302 e. The summed E-state index contributed by atoms with van der Waals surface area (Å²) in [5.41, 5.74) is 3.69. The summed E-state index contributed by atoms with van der Waals surface area (Å²) in [5, 5.41) is 1.12. The second-order valence-electron chi connectivity index (χ2n) is 5.37. The molecule has 21 heavy (non-hydrogen) atoms. The summed E-state index contributed by atoms with van der Waals surface area (Å²) in [6.45, 7) is 4.22. The van der Waals surface area contributed by atoms with Gasteiger partial charge in [-0.25, -0.2) is 4.39 Å². The molecule has 2 aromatic carbocycles. The Hall–Kier alpha value is -2.53. The highest BCUT2D eigenvalue weighted by atomic mass is 19.1. The van der Waals surface area contributed by atoms with Crippen LogP contribution in [-0.2, 0) is 0 Å². The zero-order chi connectivity index (χ0) is 15.0. The molecule has 1 aromatic heterocycles. The third kappa shape index (κ3) is 2.11. The number of para-hydroxylation sites is 1. The summed E-state index contributed by atoms with van der Waals surface area (Å²) in [7, 11) is 0. The first kappa shape index (κ1) is 13.5. The molecule has 0 aliphatic carbocycles. The molecule has 3 aromatic rings. The smallest absolute Gasteiger partial charge is 0.123 e. The molecule has 1 nitrogen and oxygen atoms in total. The topological polar surface area (TPSA) is 4.93 Å². The van der Waals surface area contributed by atoms with E-state index in [4.69, 9.17) is 6.42 Å². The molecule has 0 amide bonds. The third-order valence-corrected chi connectivity index (χ3v) is 3.69. The number of halogens is 1. The first-order valence-corrected chi connectivity index (χ1v) is 6.95. The summed E-state index contributed by atoms with van der Waals surface area (Å²) in [5.74, 6) is 2.58. The van der Waals surface area contributed by atoms with Crippen LogP contribution in [0.25, 0.3) is 16.6 Å². The van der Waals surface area contributed by atoms with Crippen molar-refractivity contribution in [2.45, 2.75) is 19.8 Å². The Balaban J connectivity index is 2.42. The van der Waals surface area contributed by atoms with E-state index in [0.29, 0.717) is 0 Å². The molecule has 0 unspecified atom stereocenters. The fourth-order valence-corrected chi connectivity index (χ4v) is 2.83. The van der Waals surface area contributed by atoms with E-state index >= 15 is 0 Å². The summed E-state index contributed by atoms with van der Waals surface area (Å²) in [6, 6.07) is 14.4. The largest absolute Gasteiger partial charge is 0.302 e. The predicted molar refractivity (Wildman–Crippen MR) is 83.6 cm³/mol. The third-order valence-electron chi connectivity index (χ3n) is 3.69. The molecule has 3 rings (SSSR count). The minimum atomic E-state index is -0.264. The number of hydrogen-bond acceptors (Lipinski definition) is 0. The second-order valence-corrected chi connectivity index (χ2v) is 5.37. The second kappa shape index (κ2) is 5.10. The van der Waals surface area contributed by atoms with Gasteiger partial charge in [-0.1, -0.05) is 32.0 Å². The van der Waals surface area contributed by atoms with E-state index in [1.54, 1.807) is 12.1 Å². The quantitative estimate of drug-likeness (QED) is 0.591. The highest BCUT2D eigenvalue weighted by Crippen LogP contribution is 2.33. The van der Waals surface area contributed by atoms with Crippen LogP contribution < -0.4 is 0 Å². The van der Waals surface area contributed by atoms with E-state index in [2.05, 4.69) is 25.8 Å². The first-order valence-electron chi connectivity index (χ1n) is 6.95. The molecule has 0 fully saturated rings. The van der Waals surface area contributed by atoms with Gasteiger partial charge in [0.15, 0.2) is 0 Å². The van der Waals surface area contributed by atoms with Gasteiger partial charge in [0, 0.05) is 11.1 Å². The lowest BCUT2D eigenvalue weighted by atomic mass is 9.99. The van der Waals surface area contributed by atoms with Gasteiger partial charge in [-0.05, 0) is 54.2 Å². The number of hydrogen-bond donors (Lipinski definition) is 0. The van der Waals surface area contributed by atoms with Crippen LogP contribution in [-0.4, -0.2) is 4.57 Å². The van der Waals surface area contributed by atoms with E-state index in [1.165, 1.54) is 12.1 Å². The highest BCUT2D eigenvalue weighted by Gasteiger charge is 2.18. The van der Waals surface area contributed by atoms with Gasteiger partial charge in [0.1, 0.15) is 11.5 Å². The lowest BCUT2D eigenvalue weighted by Gasteiger charge is -2.09. The van der Waals surface area contributed by atoms with Crippen molar-refractivity contribution in [3.8, 4) is 11.6 Å². The van der Waals surface area contributed by atoms with Crippen molar-refractivity contribution >= 4 is 10.9 Å². The zero-order valence-electron chi connectivity index (χ0n) is 12.0. The van der Waals surface area contributed by atoms with Crippen molar-refractivity contribution in [3.05, 3.63) is 72.0 Å². The Labute approximate surface area is 124 Å². The first-order chi connectivity index (χ1) is 10.1. The molecular weight excluding hydrogens is 261 g/mol. The van der Waals surface area contributed by atoms with Gasteiger partial charge in [-0.15, -0.1) is 0 Å². The summed E-state index contributed by atoms with van der Waals surface area (Å²) in [4.78, 5) is 0. The van der Waals surface area contributed by atoms with Gasteiger partial charge in [0.05, 0.1) is 5.52 Å². The molecular formula is C19H15FN. The average Bonchev–Trinajstić information content (AvgIpc) is 2.82. The molecule has 0 saturated carbocycles. The van der Waals surface area contributed by atoms with Crippen molar-refractivity contribution in [1.82, 2.24) is 4.57 Å². The standard InChI is InChI=1S/C19H15FN/c1-4-17-19(13(2)3)16-7-5-6-8-18(16)21(17)15-11-9-14(20)10-12-15/h5-13H,2-3H3. The molecule has 1 radical (unpaired) electrons. The van der Waals surface area contributed by atoms with E-state index in [1.807, 2.05) is 22.8 Å². The van der Waals surface area contributed by atoms with Crippen LogP contribution in [0.1, 0.15) is 31.0 Å². The molecule has 0 aliphatic rings. The molecule has 0 aliphatic heterocycles. The Bertz CT molecular complexity index is 832. The summed E-state index contributed by atoms with van der Waals surface area (Å²) in [6.07, 6.45) is 7.70. The van der Waals surface area contributed by atoms with Crippen molar-refractivity contribution in [2.75, 3.05) is 0 Å². The predicted octanol–water partition coefficient (Wildman–Crippen LogP) is 4.83. The van der Waals surface area contributed by atoms with E-state index in [9.17, 15) is 4.39 Å². The summed E-state index contributed by atoms with van der Waals surface area (Å²) >= 11 is 0. The zero-order valence-corrected chi connectivity index (χ0v) is 12.0. The van der Waals surface area contributed by atoms with Crippen LogP contribution in [0.15, 0.2) is 48.5 Å². The van der Waals surface area contributed by atoms with Crippen LogP contribution in [0.2, 0.25) is 0 Å². The molecule has 0 spiro atoms. The van der Waals surface area contributed by atoms with Crippen molar-refractivity contribution in [1.29, 1.82) is 0 Å². The molecule has 1 heterocycles. The molecule has 0 atom stereocenters.